The van der Waals surface area contributed by atoms with Crippen LogP contribution in [0.15, 0.2) is 22.8 Å². The lowest BCUT2D eigenvalue weighted by molar-refractivity contribution is 0.597. The van der Waals surface area contributed by atoms with Gasteiger partial charge in [-0.2, -0.15) is 0 Å². The van der Waals surface area contributed by atoms with Gasteiger partial charge in [-0.3, -0.25) is 0 Å². The molecule has 0 aliphatic rings. The zero-order valence-corrected chi connectivity index (χ0v) is 12.7. The zero-order valence-electron chi connectivity index (χ0n) is 10.4. The van der Waals surface area contributed by atoms with Gasteiger partial charge in [0.05, 0.1) is 11.7 Å². The van der Waals surface area contributed by atoms with Crippen LogP contribution in [0, 0.1) is 6.92 Å². The molecular formula is C12H14BrClN4. The largest absolute Gasteiger partial charge is 0.308 e. The molecular weight excluding hydrogens is 316 g/mol. The van der Waals surface area contributed by atoms with Gasteiger partial charge in [-0.15, -0.1) is 5.10 Å². The second kappa shape index (κ2) is 5.38. The fourth-order valence-electron chi connectivity index (χ4n) is 1.98. The number of aryl methyl sites for hydroxylation is 2. The van der Waals surface area contributed by atoms with Crippen molar-refractivity contribution in [2.45, 2.75) is 13.0 Å². The molecule has 0 aliphatic heterocycles. The third-order valence-electron chi connectivity index (χ3n) is 2.92. The minimum absolute atomic E-state index is 0.0493. The first-order valence-electron chi connectivity index (χ1n) is 5.53. The van der Waals surface area contributed by atoms with Crippen LogP contribution in [0.2, 0.25) is 5.02 Å². The molecule has 2 aromatic rings. The Labute approximate surface area is 119 Å². The highest BCUT2D eigenvalue weighted by Gasteiger charge is 2.22. The lowest BCUT2D eigenvalue weighted by atomic mass is 10.0. The van der Waals surface area contributed by atoms with Crippen molar-refractivity contribution >= 4 is 27.5 Å². The second-order valence-electron chi connectivity index (χ2n) is 4.09. The molecule has 6 heteroatoms. The summed E-state index contributed by atoms with van der Waals surface area (Å²) in [6, 6.07) is 5.95. The first-order valence-corrected chi connectivity index (χ1v) is 6.70. The van der Waals surface area contributed by atoms with Gasteiger partial charge in [-0.05, 0) is 41.0 Å². The number of hydrogen-bond donors (Lipinski definition) is 1. The summed E-state index contributed by atoms with van der Waals surface area (Å²) in [4.78, 5) is 0. The number of halogens is 2. The summed E-state index contributed by atoms with van der Waals surface area (Å²) in [7, 11) is 3.75. The van der Waals surface area contributed by atoms with Crippen LogP contribution in [0.3, 0.4) is 0 Å². The maximum atomic E-state index is 6.38. The molecule has 0 amide bonds. The van der Waals surface area contributed by atoms with Gasteiger partial charge in [-0.1, -0.05) is 35.0 Å². The van der Waals surface area contributed by atoms with E-state index in [0.717, 1.165) is 26.4 Å². The van der Waals surface area contributed by atoms with Crippen LogP contribution >= 0.6 is 27.5 Å². The lowest BCUT2D eigenvalue weighted by Gasteiger charge is -2.19. The van der Waals surface area contributed by atoms with Crippen LogP contribution in [-0.4, -0.2) is 22.0 Å². The molecule has 96 valence electrons. The molecule has 0 radical (unpaired) electrons. The predicted molar refractivity (Wildman–Crippen MR) is 75.8 cm³/mol. The summed E-state index contributed by atoms with van der Waals surface area (Å²) in [6.07, 6.45) is 0. The van der Waals surface area contributed by atoms with Crippen LogP contribution in [0.25, 0.3) is 0 Å². The van der Waals surface area contributed by atoms with E-state index in [2.05, 4.69) is 31.6 Å². The molecule has 0 bridgehead atoms. The standard InChI is InChI=1S/C12H14BrClN4/c1-7-5-4-6-8(9(7)14)10(15-2)11-12(13)16-17-18(11)3/h4-6,10,15H,1-3H3. The van der Waals surface area contributed by atoms with Crippen LogP contribution in [0.4, 0.5) is 0 Å². The summed E-state index contributed by atoms with van der Waals surface area (Å²) in [5, 5.41) is 12.0. The van der Waals surface area contributed by atoms with Crippen LogP contribution < -0.4 is 5.32 Å². The van der Waals surface area contributed by atoms with Gasteiger partial charge < -0.3 is 5.32 Å². The topological polar surface area (TPSA) is 42.7 Å². The summed E-state index contributed by atoms with van der Waals surface area (Å²) >= 11 is 9.80. The van der Waals surface area contributed by atoms with Gasteiger partial charge in [0, 0.05) is 12.1 Å². The van der Waals surface area contributed by atoms with E-state index < -0.39 is 0 Å². The molecule has 0 spiro atoms. The maximum absolute atomic E-state index is 6.38. The Bertz CT molecular complexity index is 548. The van der Waals surface area contributed by atoms with Crippen molar-refractivity contribution in [1.82, 2.24) is 20.3 Å². The molecule has 0 saturated carbocycles. The van der Waals surface area contributed by atoms with Gasteiger partial charge >= 0.3 is 0 Å². The Balaban J connectivity index is 2.56. The van der Waals surface area contributed by atoms with Gasteiger partial charge in [0.1, 0.15) is 0 Å². The Kier molecular flexibility index (Phi) is 4.04. The van der Waals surface area contributed by atoms with Crippen molar-refractivity contribution in [3.05, 3.63) is 44.6 Å². The van der Waals surface area contributed by atoms with Gasteiger partial charge in [0.15, 0.2) is 4.60 Å². The predicted octanol–water partition coefficient (Wildman–Crippen LogP) is 2.85. The molecule has 4 nitrogen and oxygen atoms in total. The van der Waals surface area contributed by atoms with Crippen LogP contribution in [0.5, 0.6) is 0 Å². The molecule has 0 fully saturated rings. The van der Waals surface area contributed by atoms with Crippen LogP contribution in [0.1, 0.15) is 22.9 Å². The number of rotatable bonds is 3. The summed E-state index contributed by atoms with van der Waals surface area (Å²) in [5.74, 6) is 0. The Morgan fingerprint density at radius 3 is 2.72 bits per heavy atom. The normalized spacial score (nSPS) is 12.7. The van der Waals surface area contributed by atoms with Crippen molar-refractivity contribution in [2.24, 2.45) is 7.05 Å². The average molecular weight is 330 g/mol. The summed E-state index contributed by atoms with van der Waals surface area (Å²) in [5.41, 5.74) is 3.02. The van der Waals surface area contributed by atoms with Crippen molar-refractivity contribution in [2.75, 3.05) is 7.05 Å². The fraction of sp³-hybridized carbons (Fsp3) is 0.333. The van der Waals surface area contributed by atoms with Crippen LogP contribution in [-0.2, 0) is 7.05 Å². The number of nitrogens with zero attached hydrogens (tertiary/aromatic N) is 3. The van der Waals surface area contributed by atoms with E-state index in [0.29, 0.717) is 0 Å². The molecule has 0 aliphatic carbocycles. The van der Waals surface area contributed by atoms with E-state index in [9.17, 15) is 0 Å². The molecule has 1 N–H and O–H groups in total. The monoisotopic (exact) mass is 328 g/mol. The molecule has 1 unspecified atom stereocenters. The molecule has 18 heavy (non-hydrogen) atoms. The third kappa shape index (κ3) is 2.30. The number of aromatic nitrogens is 3. The average Bonchev–Trinajstić information content (AvgIpc) is 2.67. The first-order chi connectivity index (χ1) is 8.56. The van der Waals surface area contributed by atoms with Crippen molar-refractivity contribution in [3.8, 4) is 0 Å². The molecule has 1 aromatic carbocycles. The van der Waals surface area contributed by atoms with E-state index in [4.69, 9.17) is 11.6 Å². The Morgan fingerprint density at radius 2 is 2.17 bits per heavy atom. The SMILES string of the molecule is CNC(c1cccc(C)c1Cl)c1c(Br)nnn1C. The van der Waals surface area contributed by atoms with E-state index in [1.54, 1.807) is 4.68 Å². The minimum atomic E-state index is -0.0493. The highest BCUT2D eigenvalue weighted by molar-refractivity contribution is 9.10. The Morgan fingerprint density at radius 1 is 1.44 bits per heavy atom. The van der Waals surface area contributed by atoms with E-state index in [-0.39, 0.29) is 6.04 Å². The Hall–Kier alpha value is -0.910. The third-order valence-corrected chi connectivity index (χ3v) is 4.00. The highest BCUT2D eigenvalue weighted by atomic mass is 79.9. The number of nitrogens with one attached hydrogen (secondary N) is 1. The number of hydrogen-bond acceptors (Lipinski definition) is 3. The molecule has 2 rings (SSSR count). The molecule has 0 saturated heterocycles. The molecule has 1 heterocycles. The maximum Gasteiger partial charge on any atom is 0.153 e. The lowest BCUT2D eigenvalue weighted by Crippen LogP contribution is -2.21. The van der Waals surface area contributed by atoms with Crippen molar-refractivity contribution in [1.29, 1.82) is 0 Å². The van der Waals surface area contributed by atoms with E-state index >= 15 is 0 Å². The van der Waals surface area contributed by atoms with E-state index in [1.807, 2.05) is 39.2 Å². The molecule has 1 aromatic heterocycles. The van der Waals surface area contributed by atoms with Crippen molar-refractivity contribution in [3.63, 3.8) is 0 Å². The van der Waals surface area contributed by atoms with Gasteiger partial charge in [-0.25, -0.2) is 4.68 Å². The summed E-state index contributed by atoms with van der Waals surface area (Å²) < 4.78 is 2.46. The smallest absolute Gasteiger partial charge is 0.153 e. The van der Waals surface area contributed by atoms with Gasteiger partial charge in [0.25, 0.3) is 0 Å². The first kappa shape index (κ1) is 13.5. The quantitative estimate of drug-likeness (QED) is 0.941. The zero-order chi connectivity index (χ0) is 13.3. The second-order valence-corrected chi connectivity index (χ2v) is 5.22. The molecule has 1 atom stereocenters. The highest BCUT2D eigenvalue weighted by Crippen LogP contribution is 2.32. The fourth-order valence-corrected chi connectivity index (χ4v) is 2.77. The minimum Gasteiger partial charge on any atom is -0.308 e. The van der Waals surface area contributed by atoms with E-state index in [1.165, 1.54) is 0 Å². The van der Waals surface area contributed by atoms with Gasteiger partial charge in [0.2, 0.25) is 0 Å². The number of benzene rings is 1. The summed E-state index contributed by atoms with van der Waals surface area (Å²) in [6.45, 7) is 2.00. The van der Waals surface area contributed by atoms with Crippen molar-refractivity contribution < 1.29 is 0 Å².